The summed E-state index contributed by atoms with van der Waals surface area (Å²) in [4.78, 5) is 10.4. The van der Waals surface area contributed by atoms with Gasteiger partial charge in [0.05, 0.1) is 5.92 Å². The fraction of sp³-hybridized carbons (Fsp3) is 0.500. The van der Waals surface area contributed by atoms with Crippen LogP contribution in [0.5, 0.6) is 0 Å². The summed E-state index contributed by atoms with van der Waals surface area (Å²) >= 11 is 0. The maximum Gasteiger partial charge on any atom is 0.306 e. The summed E-state index contributed by atoms with van der Waals surface area (Å²) in [6, 6.07) is 12.0. The first-order valence-electron chi connectivity index (χ1n) is 5.95. The summed E-state index contributed by atoms with van der Waals surface area (Å²) in [6.07, 6.45) is 3.71. The molecule has 1 N–H and O–H groups in total. The van der Waals surface area contributed by atoms with Crippen LogP contribution in [0.3, 0.4) is 0 Å². The van der Waals surface area contributed by atoms with Crippen molar-refractivity contribution in [2.75, 3.05) is 0 Å². The van der Waals surface area contributed by atoms with Crippen molar-refractivity contribution in [3.05, 3.63) is 36.4 Å². The second-order valence-electron chi connectivity index (χ2n) is 3.74. The third-order valence-electron chi connectivity index (χ3n) is 2.41. The Morgan fingerprint density at radius 1 is 1.06 bits per heavy atom. The molecule has 90 valence electrons. The van der Waals surface area contributed by atoms with Gasteiger partial charge in [0, 0.05) is 0 Å². The highest BCUT2D eigenvalue weighted by molar-refractivity contribution is 5.69. The molecule has 2 nitrogen and oxygen atoms in total. The molecule has 0 bridgehead atoms. The number of rotatable bonds is 5. The molecular weight excluding hydrogens is 200 g/mol. The second-order valence-corrected chi connectivity index (χ2v) is 3.74. The van der Waals surface area contributed by atoms with Gasteiger partial charge in [0.1, 0.15) is 0 Å². The van der Waals surface area contributed by atoms with Gasteiger partial charge in [0.15, 0.2) is 0 Å². The van der Waals surface area contributed by atoms with E-state index in [-0.39, 0.29) is 5.92 Å². The van der Waals surface area contributed by atoms with E-state index < -0.39 is 5.97 Å². The van der Waals surface area contributed by atoms with E-state index in [0.717, 1.165) is 25.7 Å². The van der Waals surface area contributed by atoms with Crippen LogP contribution in [-0.2, 0) is 4.79 Å². The van der Waals surface area contributed by atoms with Crippen LogP contribution in [0, 0.1) is 5.92 Å². The van der Waals surface area contributed by atoms with Crippen molar-refractivity contribution in [2.24, 2.45) is 5.92 Å². The van der Waals surface area contributed by atoms with Gasteiger partial charge in [0.25, 0.3) is 0 Å². The zero-order valence-electron chi connectivity index (χ0n) is 10.2. The summed E-state index contributed by atoms with van der Waals surface area (Å²) < 4.78 is 0. The third-order valence-corrected chi connectivity index (χ3v) is 2.41. The van der Waals surface area contributed by atoms with Gasteiger partial charge in [-0.2, -0.15) is 0 Å². The fourth-order valence-corrected chi connectivity index (χ4v) is 1.34. The lowest BCUT2D eigenvalue weighted by atomic mass is 10.00. The Morgan fingerprint density at radius 3 is 1.75 bits per heavy atom. The molecule has 0 aliphatic heterocycles. The van der Waals surface area contributed by atoms with E-state index in [1.807, 2.05) is 43.3 Å². The largest absolute Gasteiger partial charge is 0.481 e. The van der Waals surface area contributed by atoms with Gasteiger partial charge in [-0.25, -0.2) is 0 Å². The van der Waals surface area contributed by atoms with Crippen LogP contribution in [0.2, 0.25) is 0 Å². The minimum Gasteiger partial charge on any atom is -0.481 e. The number of benzene rings is 1. The Balaban J connectivity index is 0.000000315. The Hall–Kier alpha value is -1.31. The minimum atomic E-state index is -0.643. The van der Waals surface area contributed by atoms with Crippen molar-refractivity contribution < 1.29 is 9.90 Å². The van der Waals surface area contributed by atoms with Crippen LogP contribution in [-0.4, -0.2) is 11.1 Å². The lowest BCUT2D eigenvalue weighted by Crippen LogP contribution is -2.11. The molecule has 0 aliphatic carbocycles. The first-order valence-corrected chi connectivity index (χ1v) is 5.95. The Bertz CT molecular complexity index is 230. The molecule has 1 aromatic rings. The fourth-order valence-electron chi connectivity index (χ4n) is 1.34. The van der Waals surface area contributed by atoms with Crippen molar-refractivity contribution >= 4 is 5.97 Å². The van der Waals surface area contributed by atoms with Crippen molar-refractivity contribution in [3.8, 4) is 0 Å². The summed E-state index contributed by atoms with van der Waals surface area (Å²) in [6.45, 7) is 4.00. The summed E-state index contributed by atoms with van der Waals surface area (Å²) in [5, 5.41) is 8.60. The van der Waals surface area contributed by atoms with Gasteiger partial charge in [-0.15, -0.1) is 0 Å². The SMILES string of the molecule is CCCCC(CC)C(=O)O.c1ccccc1. The average Bonchev–Trinajstić information content (AvgIpc) is 2.33. The molecule has 0 spiro atoms. The van der Waals surface area contributed by atoms with Crippen LogP contribution in [0.4, 0.5) is 0 Å². The summed E-state index contributed by atoms with van der Waals surface area (Å²) in [7, 11) is 0. The topological polar surface area (TPSA) is 37.3 Å². The normalized spacial score (nSPS) is 11.1. The van der Waals surface area contributed by atoms with Gasteiger partial charge < -0.3 is 5.11 Å². The van der Waals surface area contributed by atoms with Crippen molar-refractivity contribution in [1.82, 2.24) is 0 Å². The van der Waals surface area contributed by atoms with Gasteiger partial charge in [-0.1, -0.05) is 63.1 Å². The van der Waals surface area contributed by atoms with Crippen LogP contribution in [0.1, 0.15) is 39.5 Å². The predicted octanol–water partition coefficient (Wildman–Crippen LogP) is 3.97. The monoisotopic (exact) mass is 222 g/mol. The van der Waals surface area contributed by atoms with Gasteiger partial charge >= 0.3 is 5.97 Å². The van der Waals surface area contributed by atoms with E-state index in [1.165, 1.54) is 0 Å². The lowest BCUT2D eigenvalue weighted by Gasteiger charge is -2.06. The lowest BCUT2D eigenvalue weighted by molar-refractivity contribution is -0.142. The Morgan fingerprint density at radius 2 is 1.50 bits per heavy atom. The second kappa shape index (κ2) is 10.2. The summed E-state index contributed by atoms with van der Waals surface area (Å²) in [5.41, 5.74) is 0. The standard InChI is InChI=1S/C8H16O2.C6H6/c1-3-5-6-7(4-2)8(9)10;1-2-4-6-5-3-1/h7H,3-6H2,1-2H3,(H,9,10);1-6H. The van der Waals surface area contributed by atoms with E-state index in [2.05, 4.69) is 6.92 Å². The molecule has 1 aromatic carbocycles. The minimum absolute atomic E-state index is 0.111. The average molecular weight is 222 g/mol. The number of hydrogen-bond donors (Lipinski definition) is 1. The van der Waals surface area contributed by atoms with E-state index in [1.54, 1.807) is 0 Å². The third kappa shape index (κ3) is 8.04. The van der Waals surface area contributed by atoms with E-state index >= 15 is 0 Å². The maximum atomic E-state index is 10.4. The molecule has 16 heavy (non-hydrogen) atoms. The molecule has 0 saturated carbocycles. The number of aliphatic carboxylic acids is 1. The highest BCUT2D eigenvalue weighted by Crippen LogP contribution is 2.11. The van der Waals surface area contributed by atoms with E-state index in [4.69, 9.17) is 5.11 Å². The van der Waals surface area contributed by atoms with Crippen LogP contribution in [0.25, 0.3) is 0 Å². The van der Waals surface area contributed by atoms with Crippen molar-refractivity contribution in [1.29, 1.82) is 0 Å². The molecule has 1 rings (SSSR count). The smallest absolute Gasteiger partial charge is 0.306 e. The molecule has 0 aromatic heterocycles. The molecule has 0 saturated heterocycles. The number of hydrogen-bond acceptors (Lipinski definition) is 1. The predicted molar refractivity (Wildman–Crippen MR) is 67.4 cm³/mol. The molecule has 2 heteroatoms. The molecule has 1 atom stereocenters. The molecule has 0 aliphatic rings. The number of carbonyl (C=O) groups is 1. The Kier molecular flexibility index (Phi) is 9.38. The zero-order chi connectivity index (χ0) is 12.2. The van der Waals surface area contributed by atoms with Gasteiger partial charge in [0.2, 0.25) is 0 Å². The molecular formula is C14H22O2. The van der Waals surface area contributed by atoms with Crippen LogP contribution >= 0.6 is 0 Å². The van der Waals surface area contributed by atoms with Gasteiger partial charge in [-0.05, 0) is 12.8 Å². The van der Waals surface area contributed by atoms with Crippen molar-refractivity contribution in [3.63, 3.8) is 0 Å². The van der Waals surface area contributed by atoms with Crippen LogP contribution in [0.15, 0.2) is 36.4 Å². The first kappa shape index (κ1) is 14.7. The molecule has 1 unspecified atom stereocenters. The number of carboxylic acid groups (broad SMARTS) is 1. The quantitative estimate of drug-likeness (QED) is 0.818. The molecule has 0 heterocycles. The van der Waals surface area contributed by atoms with Crippen molar-refractivity contribution in [2.45, 2.75) is 39.5 Å². The first-order chi connectivity index (χ1) is 7.72. The Labute approximate surface area is 98.3 Å². The highest BCUT2D eigenvalue weighted by atomic mass is 16.4. The van der Waals surface area contributed by atoms with E-state index in [0.29, 0.717) is 0 Å². The molecule has 0 amide bonds. The number of carboxylic acids is 1. The van der Waals surface area contributed by atoms with E-state index in [9.17, 15) is 4.79 Å². The highest BCUT2D eigenvalue weighted by Gasteiger charge is 2.12. The number of unbranched alkanes of at least 4 members (excludes halogenated alkanes) is 1. The molecule has 0 radical (unpaired) electrons. The molecule has 0 fully saturated rings. The zero-order valence-corrected chi connectivity index (χ0v) is 10.2. The maximum absolute atomic E-state index is 10.4. The van der Waals surface area contributed by atoms with Gasteiger partial charge in [-0.3, -0.25) is 4.79 Å². The summed E-state index contributed by atoms with van der Waals surface area (Å²) in [5.74, 6) is -0.754. The van der Waals surface area contributed by atoms with Crippen LogP contribution < -0.4 is 0 Å².